The van der Waals surface area contributed by atoms with Crippen LogP contribution in [0.1, 0.15) is 12.5 Å². The van der Waals surface area contributed by atoms with Gasteiger partial charge in [0.15, 0.2) is 47.0 Å². The maximum Gasteiger partial charge on any atom is 0.534 e. The molecule has 8 rings (SSSR count). The summed E-state index contributed by atoms with van der Waals surface area (Å²) < 4.78 is 56.2. The molecule has 8 unspecified atom stereocenters. The molecule has 4 aromatic rings. The molecule has 9 N–H and O–H groups in total. The summed E-state index contributed by atoms with van der Waals surface area (Å²) in [4.78, 5) is 44.6. The number of nitrogen functional groups attached to an aromatic ring is 2. The summed E-state index contributed by atoms with van der Waals surface area (Å²) in [5, 5.41) is 32.1. The molecule has 48 heavy (non-hydrogen) atoms. The van der Waals surface area contributed by atoms with Gasteiger partial charge in [-0.15, -0.1) is 0 Å². The number of rotatable bonds is 12. The molecule has 256 valence electrons. The van der Waals surface area contributed by atoms with Gasteiger partial charge >= 0.3 is 15.6 Å². The molecule has 4 aromatic heterocycles. The van der Waals surface area contributed by atoms with Gasteiger partial charge in [0.05, 0.1) is 37.7 Å². The lowest BCUT2D eigenvalue weighted by atomic mass is 10.1. The van der Waals surface area contributed by atoms with Crippen LogP contribution >= 0.6 is 15.6 Å². The second-order valence-electron chi connectivity index (χ2n) is 11.9. The van der Waals surface area contributed by atoms with Crippen molar-refractivity contribution in [2.45, 2.75) is 36.2 Å². The van der Waals surface area contributed by atoms with Crippen LogP contribution in [0.3, 0.4) is 0 Å². The van der Waals surface area contributed by atoms with Crippen LogP contribution in [0.5, 0.6) is 0 Å². The summed E-state index contributed by atoms with van der Waals surface area (Å²) in [6.07, 6.45) is -0.452. The SMILES string of the molecule is Nc1ncnc2c1ncn2[C@@H]1OC2(O)C(C1OCP(=O)(O)OC[C@@H]1C3C(OC[P+](=O)O)[C@H](n4cnc5c(N)ncnc54)OC31O)[C@H]2CO. The highest BCUT2D eigenvalue weighted by Crippen LogP contribution is 2.66. The Kier molecular flexibility index (Phi) is 7.35. The third-order valence-electron chi connectivity index (χ3n) is 9.34. The van der Waals surface area contributed by atoms with Gasteiger partial charge in [-0.2, -0.15) is 4.89 Å². The van der Waals surface area contributed by atoms with E-state index in [1.165, 1.54) is 34.4 Å². The molecule has 2 aliphatic carbocycles. The molecule has 0 spiro atoms. The van der Waals surface area contributed by atoms with Crippen molar-refractivity contribution in [3.63, 3.8) is 0 Å². The quantitative estimate of drug-likeness (QED) is 0.0811. The molecule has 2 aliphatic heterocycles. The van der Waals surface area contributed by atoms with Gasteiger partial charge in [0, 0.05) is 11.8 Å². The Balaban J connectivity index is 0.962. The summed E-state index contributed by atoms with van der Waals surface area (Å²) in [5.41, 5.74) is 12.8. The summed E-state index contributed by atoms with van der Waals surface area (Å²) >= 11 is 0. The van der Waals surface area contributed by atoms with E-state index in [2.05, 4.69) is 29.9 Å². The summed E-state index contributed by atoms with van der Waals surface area (Å²) in [7, 11) is -7.24. The lowest BCUT2D eigenvalue weighted by Crippen LogP contribution is -2.31. The van der Waals surface area contributed by atoms with Crippen LogP contribution in [0.2, 0.25) is 0 Å². The molecule has 24 heteroatoms. The highest BCUT2D eigenvalue weighted by molar-refractivity contribution is 7.52. The predicted molar refractivity (Wildman–Crippen MR) is 156 cm³/mol. The van der Waals surface area contributed by atoms with Gasteiger partial charge in [-0.05, 0) is 4.57 Å². The van der Waals surface area contributed by atoms with Crippen molar-refractivity contribution in [3.05, 3.63) is 25.3 Å². The molecule has 22 nitrogen and oxygen atoms in total. The summed E-state index contributed by atoms with van der Waals surface area (Å²) in [5.74, 6) is -6.60. The van der Waals surface area contributed by atoms with Crippen molar-refractivity contribution in [1.82, 2.24) is 39.0 Å². The molecule has 2 saturated heterocycles. The standard InChI is InChI=1S/C24H28N10O12P2/c25-17-13-19(29-3-27-17)33(5-31-13)21-15(42-7-47(38)39)12-10(24(12,37)46-21)2-44-48(40,41)8-43-16-11-9(1-35)23(11,36)45-22(16)34-6-32-14-18(26)28-4-30-20(14)34/h3-6,9-12,15-16,21-22,35-37H,1-2,7-8H2,(H5-,25,26,27,28,29,30,38,39,40,41)/p+1/t9-,10-,11?,12?,15?,16?,21-,22-,23?,24?/m1/s1. The first-order chi connectivity index (χ1) is 22.9. The van der Waals surface area contributed by atoms with Crippen LogP contribution in [-0.4, -0.2) is 114 Å². The molecular weight excluding hydrogens is 682 g/mol. The topological polar surface area (TPSA) is 321 Å². The Morgan fingerprint density at radius 3 is 1.94 bits per heavy atom. The van der Waals surface area contributed by atoms with Crippen molar-refractivity contribution in [2.24, 2.45) is 23.7 Å². The van der Waals surface area contributed by atoms with Gasteiger partial charge in [-0.3, -0.25) is 13.7 Å². The fraction of sp³-hybridized carbons (Fsp3) is 0.583. The van der Waals surface area contributed by atoms with E-state index in [1.54, 1.807) is 0 Å². The minimum absolute atomic E-state index is 0.106. The average Bonchev–Trinajstić information content (AvgIpc) is 3.43. The Bertz CT molecular complexity index is 1980. The molecule has 4 aliphatic rings. The normalized spacial score (nSPS) is 36.6. The maximum absolute atomic E-state index is 13.2. The van der Waals surface area contributed by atoms with Crippen LogP contribution < -0.4 is 11.5 Å². The first-order valence-corrected chi connectivity index (χ1v) is 17.6. The Hall–Kier alpha value is -3.37. The minimum atomic E-state index is -4.53. The summed E-state index contributed by atoms with van der Waals surface area (Å²) in [6.45, 7) is -0.901. The number of hydrogen-bond donors (Lipinski definition) is 7. The van der Waals surface area contributed by atoms with Crippen molar-refractivity contribution < 1.29 is 57.7 Å². The van der Waals surface area contributed by atoms with Gasteiger partial charge in [0.1, 0.15) is 42.2 Å². The number of nitrogens with two attached hydrogens (primary N) is 2. The molecule has 0 amide bonds. The second kappa shape index (κ2) is 11.1. The van der Waals surface area contributed by atoms with Gasteiger partial charge < -0.3 is 55.2 Å². The molecule has 0 bridgehead atoms. The monoisotopic (exact) mass is 711 g/mol. The zero-order valence-corrected chi connectivity index (χ0v) is 26.3. The Labute approximate surface area is 269 Å². The molecule has 0 radical (unpaired) electrons. The number of fused-ring (bicyclic) bond motifs is 4. The van der Waals surface area contributed by atoms with Crippen molar-refractivity contribution in [2.75, 3.05) is 37.4 Å². The lowest BCUT2D eigenvalue weighted by molar-refractivity contribution is -0.185. The summed E-state index contributed by atoms with van der Waals surface area (Å²) in [6, 6.07) is 0. The largest absolute Gasteiger partial charge is 0.534 e. The van der Waals surface area contributed by atoms with Crippen LogP contribution in [-0.2, 0) is 32.6 Å². The zero-order chi connectivity index (χ0) is 33.7. The first kappa shape index (κ1) is 31.9. The predicted octanol–water partition coefficient (Wildman–Crippen LogP) is -1.63. The average molecular weight is 712 g/mol. The number of anilines is 2. The molecule has 2 saturated carbocycles. The van der Waals surface area contributed by atoms with Crippen LogP contribution in [0.4, 0.5) is 11.6 Å². The fourth-order valence-electron chi connectivity index (χ4n) is 6.97. The van der Waals surface area contributed by atoms with Crippen LogP contribution in [0.15, 0.2) is 25.3 Å². The Morgan fingerprint density at radius 1 is 0.875 bits per heavy atom. The van der Waals surface area contributed by atoms with Gasteiger partial charge in [-0.1, -0.05) is 0 Å². The van der Waals surface area contributed by atoms with Crippen molar-refractivity contribution in [3.8, 4) is 0 Å². The lowest BCUT2D eigenvalue weighted by Gasteiger charge is -2.26. The molecule has 6 heterocycles. The minimum Gasteiger partial charge on any atom is -0.396 e. The molecular formula is C24H29N10O12P2+. The number of aromatic nitrogens is 8. The van der Waals surface area contributed by atoms with Crippen molar-refractivity contribution >= 4 is 49.6 Å². The van der Waals surface area contributed by atoms with E-state index in [0.29, 0.717) is 0 Å². The van der Waals surface area contributed by atoms with Gasteiger partial charge in [0.2, 0.25) is 0 Å². The van der Waals surface area contributed by atoms with E-state index in [0.717, 1.165) is 0 Å². The molecule has 0 aromatic carbocycles. The maximum atomic E-state index is 13.2. The van der Waals surface area contributed by atoms with E-state index in [9.17, 15) is 34.2 Å². The second-order valence-corrected chi connectivity index (χ2v) is 14.7. The van der Waals surface area contributed by atoms with E-state index in [1.807, 2.05) is 0 Å². The van der Waals surface area contributed by atoms with E-state index in [-0.39, 0.29) is 34.0 Å². The number of nitrogens with zero attached hydrogens (tertiary/aromatic N) is 8. The zero-order valence-electron chi connectivity index (χ0n) is 24.5. The first-order valence-electron chi connectivity index (χ1n) is 14.5. The van der Waals surface area contributed by atoms with Crippen LogP contribution in [0, 0.1) is 23.7 Å². The smallest absolute Gasteiger partial charge is 0.396 e. The number of hydrogen-bond acceptors (Lipinski definition) is 18. The highest BCUT2D eigenvalue weighted by Gasteiger charge is 2.78. The number of aliphatic hydroxyl groups is 3. The number of imidazole rings is 2. The third kappa shape index (κ3) is 4.83. The highest BCUT2D eigenvalue weighted by atomic mass is 31.2. The van der Waals surface area contributed by atoms with E-state index in [4.69, 9.17) is 34.9 Å². The Morgan fingerprint density at radius 2 is 1.40 bits per heavy atom. The van der Waals surface area contributed by atoms with Crippen molar-refractivity contribution in [1.29, 1.82) is 0 Å². The third-order valence-corrected chi connectivity index (χ3v) is 10.7. The number of ether oxygens (including phenoxy) is 4. The molecule has 4 fully saturated rings. The molecule has 12 atom stereocenters. The van der Waals surface area contributed by atoms with E-state index < -0.39 is 101 Å². The van der Waals surface area contributed by atoms with E-state index >= 15 is 0 Å². The van der Waals surface area contributed by atoms with Crippen LogP contribution in [0.25, 0.3) is 22.3 Å². The number of aliphatic hydroxyl groups excluding tert-OH is 1. The van der Waals surface area contributed by atoms with Gasteiger partial charge in [-0.25, -0.2) is 29.9 Å². The fourth-order valence-corrected chi connectivity index (χ4v) is 8.10. The van der Waals surface area contributed by atoms with Gasteiger partial charge in [0.25, 0.3) is 6.35 Å².